The molecule has 0 saturated carbocycles. The lowest BCUT2D eigenvalue weighted by Gasteiger charge is -2.40. The molecule has 0 radical (unpaired) electrons. The first-order valence-corrected chi connectivity index (χ1v) is 20.3. The van der Waals surface area contributed by atoms with E-state index in [1.165, 1.54) is 0 Å². The van der Waals surface area contributed by atoms with Gasteiger partial charge >= 0.3 is 0 Å². The van der Waals surface area contributed by atoms with Crippen LogP contribution < -0.4 is 0 Å². The molecule has 0 heterocycles. The summed E-state index contributed by atoms with van der Waals surface area (Å²) < 4.78 is 35.0. The second-order valence-corrected chi connectivity index (χ2v) is 14.5. The maximum absolute atomic E-state index is 11.2. The lowest BCUT2D eigenvalue weighted by atomic mass is 9.80. The van der Waals surface area contributed by atoms with E-state index in [1.807, 2.05) is 176 Å². The van der Waals surface area contributed by atoms with Gasteiger partial charge in [0, 0.05) is 0 Å². The molecule has 0 aliphatic carbocycles. The molecule has 0 spiro atoms. The highest BCUT2D eigenvalue weighted by molar-refractivity contribution is 5.47. The Bertz CT molecular complexity index is 2080. The fraction of sp³-hybridized carbons (Fsp3) is 0.208. The molecule has 0 aliphatic heterocycles. The van der Waals surface area contributed by atoms with Gasteiger partial charge in [-0.2, -0.15) is 0 Å². The van der Waals surface area contributed by atoms with Crippen molar-refractivity contribution >= 4 is 0 Å². The van der Waals surface area contributed by atoms with E-state index in [0.29, 0.717) is 0 Å². The first-order chi connectivity index (χ1) is 29.2. The van der Waals surface area contributed by atoms with Crippen LogP contribution in [0.25, 0.3) is 0 Å². The first-order valence-electron chi connectivity index (χ1n) is 20.3. The van der Waals surface area contributed by atoms with Gasteiger partial charge in [0.1, 0.15) is 30.0 Å². The number of hydrogen-bond acceptors (Lipinski definition) is 6. The highest BCUT2D eigenvalue weighted by atomic mass is 16.6. The van der Waals surface area contributed by atoms with E-state index in [-0.39, 0.29) is 39.6 Å². The first kappa shape index (κ1) is 41.5. The van der Waals surface area contributed by atoms with Gasteiger partial charge in [0.25, 0.3) is 0 Å². The van der Waals surface area contributed by atoms with Crippen LogP contribution in [-0.4, -0.2) is 42.7 Å². The van der Waals surface area contributed by atoms with Crippen molar-refractivity contribution < 1.29 is 28.8 Å². The summed E-state index contributed by atoms with van der Waals surface area (Å²) in [5, 5.41) is 11.2. The van der Waals surface area contributed by atoms with Crippen LogP contribution in [0.1, 0.15) is 38.9 Å². The molecule has 4 atom stereocenters. The van der Waals surface area contributed by atoms with Crippen molar-refractivity contribution in [3.8, 4) is 0 Å². The fourth-order valence-electron chi connectivity index (χ4n) is 7.38. The number of ether oxygens (including phenoxy) is 5. The zero-order valence-electron chi connectivity index (χ0n) is 33.2. The smallest absolute Gasteiger partial charge is 0.143 e. The second-order valence-electron chi connectivity index (χ2n) is 14.5. The minimum Gasteiger partial charge on any atom is -0.394 e. The molecule has 1 N–H and O–H groups in total. The molecular formula is C53H52O6. The van der Waals surface area contributed by atoms with Gasteiger partial charge in [-0.05, 0) is 38.9 Å². The number of aliphatic hydroxyl groups is 1. The number of benzene rings is 7. The zero-order valence-corrected chi connectivity index (χ0v) is 33.2. The standard InChI is InChI=1S/C53H52O6/c54-36-49(55-37-42-22-8-1-9-23-42)51(57-39-44-26-12-3-13-27-44)52(58-40-45-28-14-4-15-29-45)50(56-38-43-24-10-2-11-25-43)41-59-53(46-30-16-5-17-31-46,47-32-18-6-19-33-47)48-34-20-7-21-35-48/h1-35,49-52,54H,36-41H2/t49-,50-,51-,52-/m1/s1. The van der Waals surface area contributed by atoms with Crippen LogP contribution in [0.2, 0.25) is 0 Å². The molecule has 59 heavy (non-hydrogen) atoms. The van der Waals surface area contributed by atoms with Gasteiger partial charge in [-0.15, -0.1) is 0 Å². The molecule has 7 aromatic carbocycles. The Morgan fingerprint density at radius 1 is 0.339 bits per heavy atom. The number of rotatable bonds is 22. The quantitative estimate of drug-likeness (QED) is 0.0691. The van der Waals surface area contributed by atoms with Gasteiger partial charge in [-0.1, -0.05) is 212 Å². The monoisotopic (exact) mass is 784 g/mol. The highest BCUT2D eigenvalue weighted by Gasteiger charge is 2.43. The summed E-state index contributed by atoms with van der Waals surface area (Å²) in [5.41, 5.74) is 5.83. The second kappa shape index (κ2) is 21.9. The molecule has 0 amide bonds. The summed E-state index contributed by atoms with van der Waals surface area (Å²) in [6.45, 7) is 0.859. The fourth-order valence-corrected chi connectivity index (χ4v) is 7.38. The highest BCUT2D eigenvalue weighted by Crippen LogP contribution is 2.41. The SMILES string of the molecule is OC[C@@H](OCc1ccccc1)[C@@H](OCc1ccccc1)[C@H](OCc1ccccc1)[C@@H](COC(c1ccccc1)(c1ccccc1)c1ccccc1)OCc1ccccc1. The minimum atomic E-state index is -1.03. The van der Waals surface area contributed by atoms with Gasteiger partial charge in [-0.25, -0.2) is 0 Å². The summed E-state index contributed by atoms with van der Waals surface area (Å²) in [7, 11) is 0. The molecule has 7 rings (SSSR count). The summed E-state index contributed by atoms with van der Waals surface area (Å²) in [5.74, 6) is 0. The molecule has 0 unspecified atom stereocenters. The van der Waals surface area contributed by atoms with Crippen LogP contribution in [0.5, 0.6) is 0 Å². The third-order valence-corrected chi connectivity index (χ3v) is 10.4. The molecule has 0 aromatic heterocycles. The zero-order chi connectivity index (χ0) is 40.4. The summed E-state index contributed by atoms with van der Waals surface area (Å²) in [4.78, 5) is 0. The third-order valence-electron chi connectivity index (χ3n) is 10.4. The van der Waals surface area contributed by atoms with E-state index in [2.05, 4.69) is 36.4 Å². The molecule has 6 nitrogen and oxygen atoms in total. The topological polar surface area (TPSA) is 66.4 Å². The van der Waals surface area contributed by atoms with Crippen molar-refractivity contribution in [1.82, 2.24) is 0 Å². The number of aliphatic hydroxyl groups excluding tert-OH is 1. The summed E-state index contributed by atoms with van der Waals surface area (Å²) in [6.07, 6.45) is -3.08. The van der Waals surface area contributed by atoms with E-state index in [1.54, 1.807) is 0 Å². The van der Waals surface area contributed by atoms with Gasteiger partial charge in [-0.3, -0.25) is 0 Å². The van der Waals surface area contributed by atoms with E-state index in [9.17, 15) is 5.11 Å². The van der Waals surface area contributed by atoms with Crippen LogP contribution in [0.3, 0.4) is 0 Å². The Balaban J connectivity index is 1.32. The summed E-state index contributed by atoms with van der Waals surface area (Å²) >= 11 is 0. The minimum absolute atomic E-state index is 0.0903. The lowest BCUT2D eigenvalue weighted by molar-refractivity contribution is -0.209. The average molecular weight is 785 g/mol. The van der Waals surface area contributed by atoms with E-state index in [0.717, 1.165) is 38.9 Å². The Hall–Kier alpha value is -5.70. The Kier molecular flexibility index (Phi) is 15.4. The van der Waals surface area contributed by atoms with Crippen molar-refractivity contribution in [2.45, 2.75) is 56.4 Å². The lowest BCUT2D eigenvalue weighted by Crippen LogP contribution is -2.52. The van der Waals surface area contributed by atoms with Gasteiger partial charge in [0.15, 0.2) is 0 Å². The molecule has 300 valence electrons. The van der Waals surface area contributed by atoms with Crippen LogP contribution in [0, 0.1) is 0 Å². The van der Waals surface area contributed by atoms with Crippen molar-refractivity contribution in [3.63, 3.8) is 0 Å². The molecule has 0 fully saturated rings. The van der Waals surface area contributed by atoms with Crippen molar-refractivity contribution in [3.05, 3.63) is 251 Å². The molecule has 0 aliphatic rings. The van der Waals surface area contributed by atoms with E-state index < -0.39 is 30.0 Å². The van der Waals surface area contributed by atoms with E-state index in [4.69, 9.17) is 23.7 Å². The van der Waals surface area contributed by atoms with Crippen molar-refractivity contribution in [2.75, 3.05) is 13.2 Å². The molecule has 0 bridgehead atoms. The molecule has 0 saturated heterocycles. The van der Waals surface area contributed by atoms with Crippen LogP contribution >= 0.6 is 0 Å². The van der Waals surface area contributed by atoms with Crippen LogP contribution in [0.4, 0.5) is 0 Å². The van der Waals surface area contributed by atoms with Crippen LogP contribution in [0.15, 0.2) is 212 Å². The molecule has 6 heteroatoms. The Morgan fingerprint density at radius 3 is 0.932 bits per heavy atom. The van der Waals surface area contributed by atoms with E-state index >= 15 is 0 Å². The van der Waals surface area contributed by atoms with Crippen LogP contribution in [-0.2, 0) is 55.7 Å². The maximum Gasteiger partial charge on any atom is 0.143 e. The third kappa shape index (κ3) is 11.3. The van der Waals surface area contributed by atoms with Gasteiger partial charge in [0.05, 0.1) is 39.6 Å². The summed E-state index contributed by atoms with van der Waals surface area (Å²) in [6, 6.07) is 71.0. The normalized spacial score (nSPS) is 13.6. The van der Waals surface area contributed by atoms with Crippen molar-refractivity contribution in [1.29, 1.82) is 0 Å². The Morgan fingerprint density at radius 2 is 0.610 bits per heavy atom. The van der Waals surface area contributed by atoms with Gasteiger partial charge in [0.2, 0.25) is 0 Å². The average Bonchev–Trinajstić information content (AvgIpc) is 3.32. The number of hydrogen-bond donors (Lipinski definition) is 1. The molecular weight excluding hydrogens is 733 g/mol. The maximum atomic E-state index is 11.2. The van der Waals surface area contributed by atoms with Gasteiger partial charge < -0.3 is 28.8 Å². The largest absolute Gasteiger partial charge is 0.394 e. The predicted molar refractivity (Wildman–Crippen MR) is 232 cm³/mol. The predicted octanol–water partition coefficient (Wildman–Crippen LogP) is 10.3. The Labute approximate surface area is 348 Å². The molecule has 7 aromatic rings. The van der Waals surface area contributed by atoms with Crippen molar-refractivity contribution in [2.24, 2.45) is 0 Å².